The summed E-state index contributed by atoms with van der Waals surface area (Å²) in [7, 11) is 0. The molecule has 0 saturated heterocycles. The highest BCUT2D eigenvalue weighted by Crippen LogP contribution is 2.27. The summed E-state index contributed by atoms with van der Waals surface area (Å²) in [6.45, 7) is 0. The van der Waals surface area contributed by atoms with Gasteiger partial charge >= 0.3 is 0 Å². The maximum absolute atomic E-state index is 12.2. The fourth-order valence-electron chi connectivity index (χ4n) is 2.59. The molecule has 0 aliphatic carbocycles. The number of amides is 1. The van der Waals surface area contributed by atoms with E-state index in [1.165, 1.54) is 18.3 Å². The zero-order valence-electron chi connectivity index (χ0n) is 13.6. The second kappa shape index (κ2) is 7.88. The molecule has 0 aliphatic rings. The van der Waals surface area contributed by atoms with E-state index in [9.17, 15) is 14.9 Å². The number of non-ortho nitro benzene ring substituents is 1. The van der Waals surface area contributed by atoms with E-state index in [0.717, 1.165) is 20.8 Å². The quantitative estimate of drug-likeness (QED) is 0.387. The number of nitro groups is 1. The van der Waals surface area contributed by atoms with Crippen LogP contribution >= 0.6 is 15.9 Å². The van der Waals surface area contributed by atoms with Gasteiger partial charge in [-0.05, 0) is 22.4 Å². The van der Waals surface area contributed by atoms with Crippen molar-refractivity contribution in [1.29, 1.82) is 0 Å². The van der Waals surface area contributed by atoms with Crippen molar-refractivity contribution in [3.8, 4) is 0 Å². The molecule has 0 atom stereocenters. The summed E-state index contributed by atoms with van der Waals surface area (Å²) in [6.07, 6.45) is 1.56. The van der Waals surface area contributed by atoms with Gasteiger partial charge in [-0.25, -0.2) is 5.43 Å². The molecular formula is C19H14BrN3O3. The third-order valence-corrected chi connectivity index (χ3v) is 4.49. The lowest BCUT2D eigenvalue weighted by atomic mass is 10.0. The van der Waals surface area contributed by atoms with Crippen LogP contribution in [0.1, 0.15) is 11.1 Å². The maximum atomic E-state index is 12.2. The molecule has 0 fully saturated rings. The van der Waals surface area contributed by atoms with Gasteiger partial charge in [0.1, 0.15) is 0 Å². The average molecular weight is 412 g/mol. The number of carbonyl (C=O) groups excluding carboxylic acids is 1. The van der Waals surface area contributed by atoms with Gasteiger partial charge in [0.15, 0.2) is 0 Å². The van der Waals surface area contributed by atoms with Crippen molar-refractivity contribution in [3.05, 3.63) is 86.4 Å². The Hall–Kier alpha value is -3.06. The number of carbonyl (C=O) groups is 1. The molecule has 0 saturated carbocycles. The average Bonchev–Trinajstić information content (AvgIpc) is 2.64. The SMILES string of the molecule is O=C(Cc1ccc(Br)c2ccccc12)NN=Cc1cccc([N+](=O)[O-])c1. The molecule has 1 N–H and O–H groups in total. The number of hydrogen-bond donors (Lipinski definition) is 1. The van der Waals surface area contributed by atoms with Crippen molar-refractivity contribution in [2.45, 2.75) is 6.42 Å². The van der Waals surface area contributed by atoms with Crippen molar-refractivity contribution in [1.82, 2.24) is 5.43 Å². The molecule has 0 aliphatic heterocycles. The van der Waals surface area contributed by atoms with Gasteiger partial charge in [0.05, 0.1) is 17.6 Å². The Morgan fingerprint density at radius 2 is 1.88 bits per heavy atom. The monoisotopic (exact) mass is 411 g/mol. The first-order chi connectivity index (χ1) is 12.5. The maximum Gasteiger partial charge on any atom is 0.270 e. The number of halogens is 1. The fourth-order valence-corrected chi connectivity index (χ4v) is 3.07. The number of nitro benzene ring substituents is 1. The lowest BCUT2D eigenvalue weighted by Gasteiger charge is -2.07. The minimum Gasteiger partial charge on any atom is -0.273 e. The number of hydrogen-bond acceptors (Lipinski definition) is 4. The van der Waals surface area contributed by atoms with Crippen molar-refractivity contribution < 1.29 is 9.72 Å². The van der Waals surface area contributed by atoms with Crippen LogP contribution in [0.25, 0.3) is 10.8 Å². The van der Waals surface area contributed by atoms with Crippen LogP contribution in [0, 0.1) is 10.1 Å². The van der Waals surface area contributed by atoms with Gasteiger partial charge < -0.3 is 0 Å². The summed E-state index contributed by atoms with van der Waals surface area (Å²) in [6, 6.07) is 17.7. The highest BCUT2D eigenvalue weighted by atomic mass is 79.9. The van der Waals surface area contributed by atoms with Gasteiger partial charge in [-0.15, -0.1) is 0 Å². The number of hydrazone groups is 1. The largest absolute Gasteiger partial charge is 0.273 e. The summed E-state index contributed by atoms with van der Waals surface area (Å²) in [5.41, 5.74) is 3.86. The third kappa shape index (κ3) is 4.12. The van der Waals surface area contributed by atoms with Crippen LogP contribution in [-0.4, -0.2) is 17.0 Å². The Labute approximate surface area is 157 Å². The van der Waals surface area contributed by atoms with E-state index in [2.05, 4.69) is 26.5 Å². The van der Waals surface area contributed by atoms with Crippen LogP contribution < -0.4 is 5.43 Å². The Balaban J connectivity index is 1.69. The van der Waals surface area contributed by atoms with Crippen LogP contribution in [0.3, 0.4) is 0 Å². The van der Waals surface area contributed by atoms with Crippen molar-refractivity contribution in [2.75, 3.05) is 0 Å². The van der Waals surface area contributed by atoms with Gasteiger partial charge in [0.25, 0.3) is 5.69 Å². The molecule has 26 heavy (non-hydrogen) atoms. The Morgan fingerprint density at radius 3 is 2.65 bits per heavy atom. The van der Waals surface area contributed by atoms with E-state index in [1.54, 1.807) is 12.1 Å². The predicted octanol–water partition coefficient (Wildman–Crippen LogP) is 4.20. The second-order valence-corrected chi connectivity index (χ2v) is 6.43. The summed E-state index contributed by atoms with van der Waals surface area (Å²) >= 11 is 3.51. The highest BCUT2D eigenvalue weighted by Gasteiger charge is 2.08. The molecule has 3 rings (SSSR count). The van der Waals surface area contributed by atoms with Crippen molar-refractivity contribution in [2.24, 2.45) is 5.10 Å². The molecule has 0 spiro atoms. The van der Waals surface area contributed by atoms with Gasteiger partial charge in [0, 0.05) is 22.2 Å². The molecule has 0 heterocycles. The third-order valence-electron chi connectivity index (χ3n) is 3.80. The molecule has 130 valence electrons. The van der Waals surface area contributed by atoms with E-state index in [1.807, 2.05) is 36.4 Å². The van der Waals surface area contributed by atoms with Gasteiger partial charge in [-0.1, -0.05) is 58.4 Å². The van der Waals surface area contributed by atoms with Crippen molar-refractivity contribution in [3.63, 3.8) is 0 Å². The summed E-state index contributed by atoms with van der Waals surface area (Å²) in [4.78, 5) is 22.4. The number of benzene rings is 3. The van der Waals surface area contributed by atoms with E-state index in [-0.39, 0.29) is 18.0 Å². The number of rotatable bonds is 5. The number of nitrogens with zero attached hydrogens (tertiary/aromatic N) is 2. The van der Waals surface area contributed by atoms with Crippen LogP contribution in [0.2, 0.25) is 0 Å². The number of nitrogens with one attached hydrogen (secondary N) is 1. The predicted molar refractivity (Wildman–Crippen MR) is 104 cm³/mol. The van der Waals surface area contributed by atoms with Crippen LogP contribution in [0.4, 0.5) is 5.69 Å². The molecule has 6 nitrogen and oxygen atoms in total. The molecule has 0 aromatic heterocycles. The van der Waals surface area contributed by atoms with Crippen LogP contribution in [-0.2, 0) is 11.2 Å². The Morgan fingerprint density at radius 1 is 1.12 bits per heavy atom. The normalized spacial score (nSPS) is 11.0. The topological polar surface area (TPSA) is 84.6 Å². The van der Waals surface area contributed by atoms with Gasteiger partial charge in [-0.3, -0.25) is 14.9 Å². The lowest BCUT2D eigenvalue weighted by molar-refractivity contribution is -0.384. The molecule has 0 bridgehead atoms. The zero-order chi connectivity index (χ0) is 18.5. The highest BCUT2D eigenvalue weighted by molar-refractivity contribution is 9.10. The van der Waals surface area contributed by atoms with Gasteiger partial charge in [-0.2, -0.15) is 5.10 Å². The molecule has 0 unspecified atom stereocenters. The Kier molecular flexibility index (Phi) is 5.38. The first kappa shape index (κ1) is 17.8. The second-order valence-electron chi connectivity index (χ2n) is 5.57. The number of fused-ring (bicyclic) bond motifs is 1. The molecule has 1 amide bonds. The molecule has 3 aromatic carbocycles. The van der Waals surface area contributed by atoms with Crippen LogP contribution in [0.5, 0.6) is 0 Å². The lowest BCUT2D eigenvalue weighted by Crippen LogP contribution is -2.19. The van der Waals surface area contributed by atoms with E-state index in [4.69, 9.17) is 0 Å². The van der Waals surface area contributed by atoms with Crippen LogP contribution in [0.15, 0.2) is 70.2 Å². The van der Waals surface area contributed by atoms with Crippen molar-refractivity contribution >= 4 is 44.5 Å². The molecule has 0 radical (unpaired) electrons. The van der Waals surface area contributed by atoms with E-state index >= 15 is 0 Å². The fraction of sp³-hybridized carbons (Fsp3) is 0.0526. The standard InChI is InChI=1S/C19H14BrN3O3/c20-18-9-8-14(16-6-1-2-7-17(16)18)11-19(24)22-21-12-13-4-3-5-15(10-13)23(25)26/h1-10,12H,11H2,(H,22,24). The first-order valence-corrected chi connectivity index (χ1v) is 8.56. The zero-order valence-corrected chi connectivity index (χ0v) is 15.1. The molecule has 3 aromatic rings. The first-order valence-electron chi connectivity index (χ1n) is 7.77. The Bertz CT molecular complexity index is 1020. The molecular weight excluding hydrogens is 398 g/mol. The minimum atomic E-state index is -0.478. The van der Waals surface area contributed by atoms with Gasteiger partial charge in [0.2, 0.25) is 5.91 Å². The molecule has 7 heteroatoms. The van der Waals surface area contributed by atoms with E-state index in [0.29, 0.717) is 5.56 Å². The summed E-state index contributed by atoms with van der Waals surface area (Å²) in [5.74, 6) is -0.265. The smallest absolute Gasteiger partial charge is 0.270 e. The minimum absolute atomic E-state index is 0.0263. The summed E-state index contributed by atoms with van der Waals surface area (Å²) in [5, 5.41) is 16.7. The van der Waals surface area contributed by atoms with E-state index < -0.39 is 4.92 Å². The summed E-state index contributed by atoms with van der Waals surface area (Å²) < 4.78 is 0.973.